The van der Waals surface area contributed by atoms with Crippen molar-refractivity contribution in [3.05, 3.63) is 59.7 Å². The number of amides is 2. The molecule has 1 aliphatic rings. The van der Waals surface area contributed by atoms with Gasteiger partial charge in [0.15, 0.2) is 0 Å². The van der Waals surface area contributed by atoms with Crippen molar-refractivity contribution in [2.75, 3.05) is 52.2 Å². The van der Waals surface area contributed by atoms with Crippen LogP contribution in [-0.2, 0) is 0 Å². The Balaban J connectivity index is 1.66. The molecule has 1 atom stereocenters. The van der Waals surface area contributed by atoms with Gasteiger partial charge in [-0.2, -0.15) is 0 Å². The van der Waals surface area contributed by atoms with Crippen molar-refractivity contribution in [2.24, 2.45) is 0 Å². The van der Waals surface area contributed by atoms with Gasteiger partial charge in [-0.3, -0.25) is 4.90 Å². The summed E-state index contributed by atoms with van der Waals surface area (Å²) in [5.74, 6) is 0.839. The smallest absolute Gasteiger partial charge is 0.319 e. The lowest BCUT2D eigenvalue weighted by molar-refractivity contribution is 0.111. The zero-order valence-corrected chi connectivity index (χ0v) is 16.9. The summed E-state index contributed by atoms with van der Waals surface area (Å²) in [7, 11) is 3.82. The minimum Gasteiger partial charge on any atom is -0.497 e. The Morgan fingerprint density at radius 3 is 2.46 bits per heavy atom. The highest BCUT2D eigenvalue weighted by atomic mass is 16.5. The highest BCUT2D eigenvalue weighted by molar-refractivity contribution is 5.89. The summed E-state index contributed by atoms with van der Waals surface area (Å²) >= 11 is 0. The van der Waals surface area contributed by atoms with Crippen LogP contribution in [0.3, 0.4) is 0 Å². The predicted octanol–water partition coefficient (Wildman–Crippen LogP) is 3.11. The molecule has 2 aromatic rings. The number of anilines is 1. The van der Waals surface area contributed by atoms with Crippen LogP contribution >= 0.6 is 0 Å². The molecular weight excluding hydrogens is 352 g/mol. The van der Waals surface area contributed by atoms with Crippen molar-refractivity contribution >= 4 is 11.7 Å². The molecule has 0 aromatic heterocycles. The summed E-state index contributed by atoms with van der Waals surface area (Å²) in [6.45, 7) is 6.58. The van der Waals surface area contributed by atoms with Crippen molar-refractivity contribution in [3.63, 3.8) is 0 Å². The van der Waals surface area contributed by atoms with Crippen LogP contribution in [0.5, 0.6) is 5.75 Å². The average Bonchev–Trinajstić information content (AvgIpc) is 2.70. The minimum atomic E-state index is -0.182. The molecule has 3 rings (SSSR count). The van der Waals surface area contributed by atoms with Crippen molar-refractivity contribution < 1.29 is 9.53 Å². The molecule has 6 nitrogen and oxygen atoms in total. The highest BCUT2D eigenvalue weighted by Gasteiger charge is 2.24. The summed E-state index contributed by atoms with van der Waals surface area (Å²) in [5.41, 5.74) is 3.10. The summed E-state index contributed by atoms with van der Waals surface area (Å²) in [6.07, 6.45) is 0. The van der Waals surface area contributed by atoms with Gasteiger partial charge in [0.05, 0.1) is 13.2 Å². The first-order chi connectivity index (χ1) is 13.5. The summed E-state index contributed by atoms with van der Waals surface area (Å²) < 4.78 is 5.28. The molecule has 2 aromatic carbocycles. The minimum absolute atomic E-state index is 0.128. The highest BCUT2D eigenvalue weighted by Crippen LogP contribution is 2.24. The second-order valence-corrected chi connectivity index (χ2v) is 7.33. The summed E-state index contributed by atoms with van der Waals surface area (Å²) in [4.78, 5) is 17.2. The van der Waals surface area contributed by atoms with Gasteiger partial charge in [-0.1, -0.05) is 24.3 Å². The van der Waals surface area contributed by atoms with E-state index in [1.54, 1.807) is 7.11 Å². The number of urea groups is 1. The number of methoxy groups -OCH3 is 1. The molecule has 2 N–H and O–H groups in total. The number of carbonyl (C=O) groups is 1. The first kappa shape index (κ1) is 20.2. The largest absolute Gasteiger partial charge is 0.497 e. The van der Waals surface area contributed by atoms with E-state index in [2.05, 4.69) is 39.6 Å². The Labute approximate surface area is 167 Å². The van der Waals surface area contributed by atoms with Gasteiger partial charge in [0.25, 0.3) is 0 Å². The maximum Gasteiger partial charge on any atom is 0.319 e. The van der Waals surface area contributed by atoms with Crippen LogP contribution in [0.25, 0.3) is 0 Å². The molecule has 1 fully saturated rings. The van der Waals surface area contributed by atoms with Gasteiger partial charge < -0.3 is 20.3 Å². The molecular formula is C22H30N4O2. The number of nitrogens with zero attached hydrogens (tertiary/aromatic N) is 2. The third kappa shape index (κ3) is 5.47. The third-order valence-corrected chi connectivity index (χ3v) is 5.21. The normalized spacial score (nSPS) is 16.4. The fourth-order valence-electron chi connectivity index (χ4n) is 3.50. The number of ether oxygens (including phenoxy) is 1. The molecule has 2 amide bonds. The first-order valence-corrected chi connectivity index (χ1v) is 9.73. The van der Waals surface area contributed by atoms with E-state index < -0.39 is 0 Å². The number of benzene rings is 2. The van der Waals surface area contributed by atoms with Crippen molar-refractivity contribution in [3.8, 4) is 5.75 Å². The number of hydrogen-bond donors (Lipinski definition) is 2. The number of rotatable bonds is 6. The lowest BCUT2D eigenvalue weighted by Crippen LogP contribution is -2.48. The van der Waals surface area contributed by atoms with Gasteiger partial charge >= 0.3 is 6.03 Å². The van der Waals surface area contributed by atoms with Crippen molar-refractivity contribution in [1.82, 2.24) is 15.1 Å². The van der Waals surface area contributed by atoms with Gasteiger partial charge in [-0.05, 0) is 49.4 Å². The molecule has 6 heteroatoms. The van der Waals surface area contributed by atoms with E-state index in [1.165, 1.54) is 5.56 Å². The molecule has 0 unspecified atom stereocenters. The topological polar surface area (TPSA) is 56.8 Å². The zero-order valence-electron chi connectivity index (χ0n) is 16.9. The van der Waals surface area contributed by atoms with E-state index in [0.717, 1.165) is 43.2 Å². The zero-order chi connectivity index (χ0) is 19.9. The van der Waals surface area contributed by atoms with E-state index >= 15 is 0 Å². The van der Waals surface area contributed by atoms with E-state index in [0.29, 0.717) is 6.54 Å². The predicted molar refractivity (Wildman–Crippen MR) is 113 cm³/mol. The van der Waals surface area contributed by atoms with E-state index in [4.69, 9.17) is 4.74 Å². The number of piperazine rings is 1. The maximum atomic E-state index is 12.4. The molecule has 28 heavy (non-hydrogen) atoms. The van der Waals surface area contributed by atoms with Gasteiger partial charge in [0.1, 0.15) is 5.75 Å². The SMILES string of the molecule is COc1ccc([C@H](CNC(=O)Nc2cccc(C)c2)N2CCN(C)CC2)cc1. The molecule has 0 aliphatic carbocycles. The average molecular weight is 383 g/mol. The molecule has 150 valence electrons. The lowest BCUT2D eigenvalue weighted by Gasteiger charge is -2.38. The van der Waals surface area contributed by atoms with Crippen LogP contribution in [0.1, 0.15) is 17.2 Å². The molecule has 0 spiro atoms. The number of aryl methyl sites for hydroxylation is 1. The molecule has 0 bridgehead atoms. The Kier molecular flexibility index (Phi) is 6.90. The summed E-state index contributed by atoms with van der Waals surface area (Å²) in [6, 6.07) is 15.9. The van der Waals surface area contributed by atoms with Crippen LogP contribution in [0, 0.1) is 6.92 Å². The Hall–Kier alpha value is -2.57. The molecule has 1 aliphatic heterocycles. The van der Waals surface area contributed by atoms with Gasteiger partial charge in [-0.25, -0.2) is 4.79 Å². The van der Waals surface area contributed by atoms with Gasteiger partial charge in [-0.15, -0.1) is 0 Å². The molecule has 0 radical (unpaired) electrons. The van der Waals surface area contributed by atoms with Crippen LogP contribution in [0.15, 0.2) is 48.5 Å². The monoisotopic (exact) mass is 382 g/mol. The van der Waals surface area contributed by atoms with E-state index in [-0.39, 0.29) is 12.1 Å². The number of hydrogen-bond acceptors (Lipinski definition) is 4. The van der Waals surface area contributed by atoms with Gasteiger partial charge in [0, 0.05) is 38.4 Å². The quantitative estimate of drug-likeness (QED) is 0.806. The number of nitrogens with one attached hydrogen (secondary N) is 2. The second kappa shape index (κ2) is 9.57. The van der Waals surface area contributed by atoms with E-state index in [1.807, 2.05) is 43.3 Å². The Morgan fingerprint density at radius 1 is 1.11 bits per heavy atom. The fourth-order valence-corrected chi connectivity index (χ4v) is 3.50. The second-order valence-electron chi connectivity index (χ2n) is 7.33. The van der Waals surface area contributed by atoms with Crippen molar-refractivity contribution in [1.29, 1.82) is 0 Å². The fraction of sp³-hybridized carbons (Fsp3) is 0.409. The number of carbonyl (C=O) groups excluding carboxylic acids is 1. The maximum absolute atomic E-state index is 12.4. The molecule has 1 heterocycles. The van der Waals surface area contributed by atoms with Crippen LogP contribution < -0.4 is 15.4 Å². The first-order valence-electron chi connectivity index (χ1n) is 9.73. The number of likely N-dealkylation sites (N-methyl/N-ethyl adjacent to an activating group) is 1. The summed E-state index contributed by atoms with van der Waals surface area (Å²) in [5, 5.41) is 5.97. The van der Waals surface area contributed by atoms with Crippen LogP contribution in [-0.4, -0.2) is 62.7 Å². The Bertz CT molecular complexity index is 770. The third-order valence-electron chi connectivity index (χ3n) is 5.21. The van der Waals surface area contributed by atoms with Gasteiger partial charge in [0.2, 0.25) is 0 Å². The van der Waals surface area contributed by atoms with Crippen LogP contribution in [0.2, 0.25) is 0 Å². The molecule has 0 saturated carbocycles. The molecule has 1 saturated heterocycles. The standard InChI is InChI=1S/C22H30N4O2/c1-17-5-4-6-19(15-17)24-22(27)23-16-21(26-13-11-25(2)12-14-26)18-7-9-20(28-3)10-8-18/h4-10,15,21H,11-14,16H2,1-3H3,(H2,23,24,27)/t21-/m0/s1. The Morgan fingerprint density at radius 2 is 1.82 bits per heavy atom. The van der Waals surface area contributed by atoms with Crippen molar-refractivity contribution in [2.45, 2.75) is 13.0 Å². The van der Waals surface area contributed by atoms with E-state index in [9.17, 15) is 4.79 Å². The van der Waals surface area contributed by atoms with Crippen LogP contribution in [0.4, 0.5) is 10.5 Å². The lowest BCUT2D eigenvalue weighted by atomic mass is 10.0.